The minimum absolute atomic E-state index is 0.0165. The van der Waals surface area contributed by atoms with Gasteiger partial charge in [0.05, 0.1) is 22.1 Å². The lowest BCUT2D eigenvalue weighted by Gasteiger charge is -2.37. The van der Waals surface area contributed by atoms with E-state index in [-0.39, 0.29) is 12.4 Å². The quantitative estimate of drug-likeness (QED) is 0.161. The van der Waals surface area contributed by atoms with Crippen LogP contribution < -0.4 is 15.0 Å². The summed E-state index contributed by atoms with van der Waals surface area (Å²) in [6.45, 7) is 17.9. The molecule has 5 heterocycles. The number of para-hydroxylation sites is 1. The van der Waals surface area contributed by atoms with Gasteiger partial charge in [-0.1, -0.05) is 78.8 Å². The molecule has 0 fully saturated rings. The van der Waals surface area contributed by atoms with Crippen molar-refractivity contribution in [1.29, 1.82) is 0 Å². The number of nitrogens with zero attached hydrogens (tertiary/aromatic N) is 7. The van der Waals surface area contributed by atoms with Crippen LogP contribution in [0.1, 0.15) is 82.6 Å². The van der Waals surface area contributed by atoms with E-state index < -0.39 is 0 Å². The predicted octanol–water partition coefficient (Wildman–Crippen LogP) is 10.0. The molecule has 9 rings (SSSR count). The average Bonchev–Trinajstić information content (AvgIpc) is 3.86. The number of imidazole rings is 3. The number of rotatable bonds is 6. The first-order valence-electron chi connectivity index (χ1n) is 19.0. The first-order valence-corrected chi connectivity index (χ1v) is 19.0. The zero-order valence-electron chi connectivity index (χ0n) is 32.6. The standard InChI is InChI=1S/C45H46BN7O/c1-27(2)33-13-11-14-34(28(3)4)41(33)46-50(9)36-18-16-31(25-35(36)43-48-22-23-51(43)46)54-32-17-19-37-39(26-32)53(40-24-30(20-21-47-40)45(6,7)8)44-49-42-29(5)12-10-15-38(42)52(37)44/h10-28H,1-9H3. The Bertz CT molecular complexity index is 2720. The highest BCUT2D eigenvalue weighted by Crippen LogP contribution is 2.40. The molecule has 0 amide bonds. The normalized spacial score (nSPS) is 13.2. The number of pyridine rings is 1. The Morgan fingerprint density at radius 2 is 1.46 bits per heavy atom. The van der Waals surface area contributed by atoms with E-state index in [0.717, 1.165) is 67.8 Å². The molecule has 8 nitrogen and oxygen atoms in total. The third-order valence-corrected chi connectivity index (χ3v) is 11.1. The van der Waals surface area contributed by atoms with Crippen LogP contribution in [0.5, 0.6) is 11.5 Å². The highest BCUT2D eigenvalue weighted by Gasteiger charge is 2.38. The van der Waals surface area contributed by atoms with E-state index in [2.05, 4.69) is 166 Å². The van der Waals surface area contributed by atoms with Crippen molar-refractivity contribution >= 4 is 46.0 Å². The van der Waals surface area contributed by atoms with Crippen LogP contribution in [0.4, 0.5) is 5.69 Å². The van der Waals surface area contributed by atoms with Gasteiger partial charge in [-0.25, -0.2) is 15.0 Å². The van der Waals surface area contributed by atoms with E-state index in [1.165, 1.54) is 22.2 Å². The second-order valence-corrected chi connectivity index (χ2v) is 16.4. The van der Waals surface area contributed by atoms with Gasteiger partial charge in [-0.05, 0) is 107 Å². The number of aryl methyl sites for hydroxylation is 1. The van der Waals surface area contributed by atoms with Crippen LogP contribution in [0.25, 0.3) is 45.1 Å². The van der Waals surface area contributed by atoms with Crippen LogP contribution >= 0.6 is 0 Å². The number of anilines is 1. The van der Waals surface area contributed by atoms with Crippen LogP contribution in [0.3, 0.4) is 0 Å². The van der Waals surface area contributed by atoms with Gasteiger partial charge in [0, 0.05) is 35.9 Å². The van der Waals surface area contributed by atoms with Crippen molar-refractivity contribution in [3.8, 4) is 28.7 Å². The Morgan fingerprint density at radius 3 is 2.20 bits per heavy atom. The van der Waals surface area contributed by atoms with Crippen molar-refractivity contribution in [2.24, 2.45) is 0 Å². The molecular weight excluding hydrogens is 665 g/mol. The first kappa shape index (κ1) is 34.0. The molecule has 0 bridgehead atoms. The molecule has 0 saturated heterocycles. The number of aromatic nitrogens is 6. The Morgan fingerprint density at radius 1 is 0.741 bits per heavy atom. The van der Waals surface area contributed by atoms with E-state index in [1.54, 1.807) is 0 Å². The second kappa shape index (κ2) is 12.4. The third kappa shape index (κ3) is 5.23. The van der Waals surface area contributed by atoms with Crippen LogP contribution in [0.2, 0.25) is 0 Å². The number of ether oxygens (including phenoxy) is 1. The second-order valence-electron chi connectivity index (χ2n) is 16.4. The number of hydrogen-bond acceptors (Lipinski definition) is 5. The van der Waals surface area contributed by atoms with Gasteiger partial charge in [-0.3, -0.25) is 8.97 Å². The molecule has 0 unspecified atom stereocenters. The highest BCUT2D eigenvalue weighted by molar-refractivity contribution is 6.77. The molecular formula is C45H46BN7O. The summed E-state index contributed by atoms with van der Waals surface area (Å²) in [6, 6.07) is 30.1. The van der Waals surface area contributed by atoms with E-state index in [0.29, 0.717) is 11.8 Å². The van der Waals surface area contributed by atoms with Crippen molar-refractivity contribution in [2.45, 2.75) is 72.6 Å². The predicted molar refractivity (Wildman–Crippen MR) is 222 cm³/mol. The van der Waals surface area contributed by atoms with Gasteiger partial charge in [0.2, 0.25) is 5.78 Å². The van der Waals surface area contributed by atoms with Crippen molar-refractivity contribution in [3.05, 3.63) is 126 Å². The summed E-state index contributed by atoms with van der Waals surface area (Å²) in [5, 5.41) is 0. The summed E-state index contributed by atoms with van der Waals surface area (Å²) in [6.07, 6.45) is 5.93. The molecule has 0 saturated carbocycles. The largest absolute Gasteiger partial charge is 0.457 e. The minimum atomic E-state index is -0.0360. The van der Waals surface area contributed by atoms with Crippen molar-refractivity contribution in [1.82, 2.24) is 28.4 Å². The highest BCUT2D eigenvalue weighted by atomic mass is 16.5. The van der Waals surface area contributed by atoms with Gasteiger partial charge in [-0.15, -0.1) is 0 Å². The van der Waals surface area contributed by atoms with E-state index in [1.807, 2.05) is 18.5 Å². The molecule has 9 heteroatoms. The van der Waals surface area contributed by atoms with Gasteiger partial charge in [0.25, 0.3) is 0 Å². The van der Waals surface area contributed by atoms with Crippen LogP contribution in [0, 0.1) is 6.92 Å². The summed E-state index contributed by atoms with van der Waals surface area (Å²) < 4.78 is 13.4. The Balaban J connectivity index is 1.15. The van der Waals surface area contributed by atoms with Gasteiger partial charge in [-0.2, -0.15) is 0 Å². The number of benzene rings is 4. The third-order valence-electron chi connectivity index (χ3n) is 11.1. The maximum absolute atomic E-state index is 6.72. The molecule has 8 aromatic rings. The Labute approximate surface area is 317 Å². The fourth-order valence-electron chi connectivity index (χ4n) is 8.37. The summed E-state index contributed by atoms with van der Waals surface area (Å²) in [7, 11) is 2.19. The summed E-state index contributed by atoms with van der Waals surface area (Å²) in [5.41, 5.74) is 12.6. The van der Waals surface area contributed by atoms with Crippen LogP contribution in [0.15, 0.2) is 104 Å². The molecule has 4 aromatic carbocycles. The molecule has 1 aliphatic rings. The smallest absolute Gasteiger partial charge is 0.417 e. The molecule has 270 valence electrons. The van der Waals surface area contributed by atoms with Crippen molar-refractivity contribution in [3.63, 3.8) is 0 Å². The van der Waals surface area contributed by atoms with Crippen molar-refractivity contribution in [2.75, 3.05) is 11.9 Å². The first-order chi connectivity index (χ1) is 25.9. The molecule has 54 heavy (non-hydrogen) atoms. The maximum Gasteiger partial charge on any atom is 0.417 e. The average molecular weight is 712 g/mol. The van der Waals surface area contributed by atoms with Gasteiger partial charge in [0.15, 0.2) is 0 Å². The number of fused-ring (bicyclic) bond motifs is 8. The van der Waals surface area contributed by atoms with Crippen molar-refractivity contribution < 1.29 is 4.74 Å². The topological polar surface area (TPSA) is 65.4 Å². The zero-order chi connectivity index (χ0) is 37.6. The van der Waals surface area contributed by atoms with Crippen LogP contribution in [-0.2, 0) is 5.41 Å². The Hall–Kier alpha value is -5.83. The van der Waals surface area contributed by atoms with E-state index in [4.69, 9.17) is 19.7 Å². The summed E-state index contributed by atoms with van der Waals surface area (Å²) in [5.74, 6) is 4.84. The maximum atomic E-state index is 6.72. The monoisotopic (exact) mass is 711 g/mol. The van der Waals surface area contributed by atoms with E-state index in [9.17, 15) is 0 Å². The van der Waals surface area contributed by atoms with Gasteiger partial charge in [0.1, 0.15) is 23.1 Å². The zero-order valence-corrected chi connectivity index (χ0v) is 32.6. The number of hydrogen-bond donors (Lipinski definition) is 0. The summed E-state index contributed by atoms with van der Waals surface area (Å²) in [4.78, 5) is 17.4. The van der Waals surface area contributed by atoms with Gasteiger partial charge < -0.3 is 14.0 Å². The summed E-state index contributed by atoms with van der Waals surface area (Å²) >= 11 is 0. The minimum Gasteiger partial charge on any atom is -0.457 e. The molecule has 0 radical (unpaired) electrons. The van der Waals surface area contributed by atoms with Crippen LogP contribution in [-0.4, -0.2) is 42.4 Å². The van der Waals surface area contributed by atoms with E-state index >= 15 is 0 Å². The molecule has 0 N–H and O–H groups in total. The molecule has 0 spiro atoms. The fourth-order valence-corrected chi connectivity index (χ4v) is 8.37. The fraction of sp³-hybridized carbons (Fsp3) is 0.267. The van der Waals surface area contributed by atoms with Gasteiger partial charge >= 0.3 is 6.98 Å². The lowest BCUT2D eigenvalue weighted by molar-refractivity contribution is 0.483. The molecule has 0 atom stereocenters. The molecule has 0 aliphatic carbocycles. The Kier molecular flexibility index (Phi) is 7.78. The SMILES string of the molecule is Cc1cccc2c1nc1n(-c3cc(C(C)(C)C)ccn3)c3cc(Oc4ccc5c(c4)-c4nccn4B(c4c(C(C)C)cccc4C(C)C)N5C)ccc3n21. The lowest BCUT2D eigenvalue weighted by atomic mass is 9.58. The molecule has 4 aromatic heterocycles. The molecule has 1 aliphatic heterocycles. The lowest BCUT2D eigenvalue weighted by Crippen LogP contribution is -2.56.